The second kappa shape index (κ2) is 34.3. The second-order valence-electron chi connectivity index (χ2n) is 24.9. The standard InChI is InChI=1S/C31H20F4N6O2.C23H16F7N5O2.C22H14F7N5O2/c32-25-10-13-27(28(33)15-25)30(42,19-41-20-38-39-40-41)31(34,35)29-14-9-23(17-37-29)4-1-21-7-11-26(12-8-21)43-18-24-5-2-22(16-36)3-6-24;24-16-4-7-18(19(25)9-16)21(36,11-35-13-32-33-34-35)23(29,30)20-8-3-15(10-31-20)14-1-5-17(6-2-14)37-12-22(26,27)28;23-15-4-7-17(18(24)9-15)20(35,11-34-12-31-32-33-34)21(25,26)19-8-3-14(10-30-19)13-1-5-16(6-2-13)36-22(27,28)29/h2-3,5-15,17,20,42H,18-19H2;1-10,13,36H,11-12H2;1-10,12,35H,11H2/t30-;21-;20-/m000/s1. The van der Waals surface area contributed by atoms with Gasteiger partial charge in [0, 0.05) is 75.7 Å². The van der Waals surface area contributed by atoms with Gasteiger partial charge in [-0.15, -0.1) is 28.5 Å². The molecule has 0 aliphatic carbocycles. The number of aromatic nitrogens is 15. The smallest absolute Gasteiger partial charge is 0.489 e. The Hall–Kier alpha value is -13.7. The van der Waals surface area contributed by atoms with Crippen molar-refractivity contribution < 1.29 is 109 Å². The van der Waals surface area contributed by atoms with Crippen molar-refractivity contribution in [1.29, 1.82) is 5.26 Å². The summed E-state index contributed by atoms with van der Waals surface area (Å²) in [7, 11) is 0. The number of pyridine rings is 3. The number of aliphatic hydroxyl groups is 3. The number of nitrogens with zero attached hydrogens (tertiary/aromatic N) is 16. The molecule has 0 aliphatic heterocycles. The summed E-state index contributed by atoms with van der Waals surface area (Å²) in [5.41, 5.74) is -11.6. The van der Waals surface area contributed by atoms with E-state index in [1.165, 1.54) is 54.6 Å². The molecule has 116 heavy (non-hydrogen) atoms. The van der Waals surface area contributed by atoms with Crippen molar-refractivity contribution in [2.75, 3.05) is 6.61 Å². The van der Waals surface area contributed by atoms with E-state index in [1.54, 1.807) is 36.4 Å². The van der Waals surface area contributed by atoms with Crippen LogP contribution in [0.25, 0.3) is 22.3 Å². The van der Waals surface area contributed by atoms with E-state index in [0.29, 0.717) is 82.1 Å². The fourth-order valence-corrected chi connectivity index (χ4v) is 11.2. The Morgan fingerprint density at radius 1 is 0.371 bits per heavy atom. The summed E-state index contributed by atoms with van der Waals surface area (Å²) in [6.07, 6.45) is -3.40. The minimum absolute atomic E-state index is 0.0498. The molecule has 6 aromatic heterocycles. The van der Waals surface area contributed by atoms with Crippen LogP contribution in [0.15, 0.2) is 226 Å². The van der Waals surface area contributed by atoms with Gasteiger partial charge in [0.05, 0.1) is 31.3 Å². The average molecular weight is 1630 g/mol. The van der Waals surface area contributed by atoms with Gasteiger partial charge < -0.3 is 29.5 Å². The van der Waals surface area contributed by atoms with E-state index in [-0.39, 0.29) is 11.3 Å². The van der Waals surface area contributed by atoms with Crippen molar-refractivity contribution >= 4 is 0 Å². The molecular weight excluding hydrogens is 1570 g/mol. The van der Waals surface area contributed by atoms with E-state index < -0.39 is 148 Å². The van der Waals surface area contributed by atoms with Crippen LogP contribution >= 0.6 is 0 Å². The Labute approximate surface area is 641 Å². The average Bonchev–Trinajstić information content (AvgIpc) is 1.13. The van der Waals surface area contributed by atoms with E-state index in [4.69, 9.17) is 10.00 Å². The number of tetrazole rings is 3. The molecule has 13 rings (SSSR count). The molecule has 13 aromatic rings. The summed E-state index contributed by atoms with van der Waals surface area (Å²) in [6.45, 7) is -4.12. The molecule has 6 heterocycles. The Kier molecular flexibility index (Phi) is 24.6. The maximum Gasteiger partial charge on any atom is 0.573 e. The third-order valence-electron chi connectivity index (χ3n) is 17.0. The minimum atomic E-state index is -4.88. The molecule has 0 fully saturated rings. The predicted molar refractivity (Wildman–Crippen MR) is 366 cm³/mol. The van der Waals surface area contributed by atoms with Gasteiger partial charge in [0.25, 0.3) is 0 Å². The van der Waals surface area contributed by atoms with Gasteiger partial charge in [0.1, 0.15) is 94.8 Å². The highest BCUT2D eigenvalue weighted by molar-refractivity contribution is 5.64. The molecule has 0 bridgehead atoms. The van der Waals surface area contributed by atoms with Gasteiger partial charge in [-0.2, -0.15) is 44.8 Å². The molecular formula is C76H50F18N16O6. The van der Waals surface area contributed by atoms with Gasteiger partial charge >= 0.3 is 30.3 Å². The summed E-state index contributed by atoms with van der Waals surface area (Å²) in [5, 5.41) is 72.7. The van der Waals surface area contributed by atoms with E-state index in [0.717, 1.165) is 106 Å². The number of ether oxygens (including phenoxy) is 3. The molecule has 596 valence electrons. The van der Waals surface area contributed by atoms with Gasteiger partial charge in [0.2, 0.25) is 0 Å². The highest BCUT2D eigenvalue weighted by Crippen LogP contribution is 2.50. The molecule has 0 amide bonds. The van der Waals surface area contributed by atoms with Crippen LogP contribution in [0.1, 0.15) is 56.0 Å². The van der Waals surface area contributed by atoms with Crippen LogP contribution in [0.3, 0.4) is 0 Å². The largest absolute Gasteiger partial charge is 0.573 e. The van der Waals surface area contributed by atoms with Crippen molar-refractivity contribution in [1.82, 2.24) is 75.6 Å². The Morgan fingerprint density at radius 3 is 1.05 bits per heavy atom. The van der Waals surface area contributed by atoms with Crippen LogP contribution in [0.2, 0.25) is 0 Å². The van der Waals surface area contributed by atoms with Gasteiger partial charge in [-0.1, -0.05) is 60.4 Å². The SMILES string of the molecule is N#Cc1ccc(COc2ccc(C#Cc3ccc(C(F)(F)[C@](O)(Cn4cnnn4)c4ccc(F)cc4F)nc3)cc2)cc1.O[C@@](Cn1cnnn1)(c1ccc(F)cc1F)C(F)(F)c1ccc(-c2ccc(OC(F)(F)F)cc2)cn1.O[C@@](Cn1cnnn1)(c1ccc(F)cc1F)C(F)(F)c1ccc(-c2ccc(OCC(F)(F)F)cc2)cn1. The van der Waals surface area contributed by atoms with Crippen LogP contribution in [0, 0.1) is 58.1 Å². The number of benzene rings is 7. The van der Waals surface area contributed by atoms with Gasteiger partial charge in [0.15, 0.2) is 23.4 Å². The van der Waals surface area contributed by atoms with E-state index in [2.05, 4.69) is 88.9 Å². The Morgan fingerprint density at radius 2 is 0.716 bits per heavy atom. The third-order valence-corrected chi connectivity index (χ3v) is 17.0. The molecule has 0 aliphatic rings. The lowest BCUT2D eigenvalue weighted by molar-refractivity contribution is -0.274. The lowest BCUT2D eigenvalue weighted by atomic mass is 9.84. The fraction of sp³-hybridized carbons (Fsp3) is 0.171. The lowest BCUT2D eigenvalue weighted by Gasteiger charge is -2.35. The van der Waals surface area contributed by atoms with E-state index in [1.807, 2.05) is 12.1 Å². The van der Waals surface area contributed by atoms with Crippen LogP contribution < -0.4 is 14.2 Å². The normalized spacial score (nSPS) is 13.3. The molecule has 0 spiro atoms. The van der Waals surface area contributed by atoms with Crippen LogP contribution in [-0.2, 0) is 60.8 Å². The molecule has 22 nitrogen and oxygen atoms in total. The van der Waals surface area contributed by atoms with Crippen molar-refractivity contribution in [3.05, 3.63) is 317 Å². The quantitative estimate of drug-likeness (QED) is 0.0396. The Bertz CT molecular complexity index is 5580. The topological polar surface area (TPSA) is 282 Å². The third kappa shape index (κ3) is 19.5. The minimum Gasteiger partial charge on any atom is -0.489 e. The van der Waals surface area contributed by atoms with Gasteiger partial charge in [-0.3, -0.25) is 15.0 Å². The Balaban J connectivity index is 0.000000172. The van der Waals surface area contributed by atoms with E-state index in [9.17, 15) is 68.0 Å². The summed E-state index contributed by atoms with van der Waals surface area (Å²) in [6, 6.07) is 37.8. The van der Waals surface area contributed by atoms with Crippen LogP contribution in [0.5, 0.6) is 17.2 Å². The van der Waals surface area contributed by atoms with Crippen molar-refractivity contribution in [2.45, 2.75) is 73.4 Å². The number of alkyl halides is 12. The highest BCUT2D eigenvalue weighted by Gasteiger charge is 2.60. The first-order valence-electron chi connectivity index (χ1n) is 33.0. The molecule has 3 N–H and O–H groups in total. The van der Waals surface area contributed by atoms with Crippen molar-refractivity contribution in [2.24, 2.45) is 0 Å². The number of hydrogen-bond acceptors (Lipinski definition) is 19. The molecule has 0 saturated carbocycles. The van der Waals surface area contributed by atoms with Gasteiger partial charge in [-0.05, 0) is 169 Å². The maximum absolute atomic E-state index is 15.9. The number of hydrogen-bond donors (Lipinski definition) is 3. The van der Waals surface area contributed by atoms with Crippen molar-refractivity contribution in [3.8, 4) is 57.4 Å². The zero-order valence-electron chi connectivity index (χ0n) is 58.4. The number of rotatable bonds is 23. The van der Waals surface area contributed by atoms with E-state index >= 15 is 26.3 Å². The summed E-state index contributed by atoms with van der Waals surface area (Å²) in [5.74, 6) is -14.1. The fourth-order valence-electron chi connectivity index (χ4n) is 11.2. The monoisotopic (exact) mass is 1620 g/mol. The molecule has 0 unspecified atom stereocenters. The van der Waals surface area contributed by atoms with Crippen LogP contribution in [0.4, 0.5) is 79.0 Å². The predicted octanol–water partition coefficient (Wildman–Crippen LogP) is 14.1. The van der Waals surface area contributed by atoms with Crippen molar-refractivity contribution in [3.63, 3.8) is 0 Å². The molecule has 7 aromatic carbocycles. The first kappa shape index (κ1) is 83.2. The second-order valence-corrected chi connectivity index (χ2v) is 24.9. The summed E-state index contributed by atoms with van der Waals surface area (Å²) >= 11 is 0. The number of halogens is 18. The summed E-state index contributed by atoms with van der Waals surface area (Å²) in [4.78, 5) is 11.2. The zero-order chi connectivity index (χ0) is 83.4. The molecule has 3 atom stereocenters. The first-order chi connectivity index (χ1) is 54.9. The zero-order valence-corrected chi connectivity index (χ0v) is 58.4. The highest BCUT2D eigenvalue weighted by atomic mass is 19.4. The molecule has 0 saturated heterocycles. The lowest BCUT2D eigenvalue weighted by Crippen LogP contribution is -2.48. The molecule has 40 heteroatoms. The molecule has 0 radical (unpaired) electrons. The van der Waals surface area contributed by atoms with Gasteiger partial charge in [-0.25, -0.2) is 40.4 Å². The van der Waals surface area contributed by atoms with Crippen LogP contribution in [-0.4, -0.2) is 110 Å². The first-order valence-corrected chi connectivity index (χ1v) is 33.0. The maximum atomic E-state index is 15.9. The number of nitriles is 1. The summed E-state index contributed by atoms with van der Waals surface area (Å²) < 4.78 is 269.